The summed E-state index contributed by atoms with van der Waals surface area (Å²) in [5, 5.41) is 10.1. The van der Waals surface area contributed by atoms with Gasteiger partial charge in [0, 0.05) is 12.1 Å². The molecule has 0 heterocycles. The molecule has 0 amide bonds. The van der Waals surface area contributed by atoms with Crippen molar-refractivity contribution in [3.05, 3.63) is 35.6 Å². The molecular weight excluding hydrogens is 274 g/mol. The molecular formula is C14H19F4NO. The average molecular weight is 293 g/mol. The van der Waals surface area contributed by atoms with Crippen LogP contribution in [0.5, 0.6) is 0 Å². The van der Waals surface area contributed by atoms with Crippen molar-refractivity contribution in [2.45, 2.75) is 26.1 Å². The monoisotopic (exact) mass is 293 g/mol. The zero-order valence-corrected chi connectivity index (χ0v) is 11.5. The van der Waals surface area contributed by atoms with E-state index in [4.69, 9.17) is 0 Å². The van der Waals surface area contributed by atoms with Crippen molar-refractivity contribution < 1.29 is 22.7 Å². The Kier molecular flexibility index (Phi) is 5.95. The maximum atomic E-state index is 13.5. The predicted molar refractivity (Wildman–Crippen MR) is 68.7 cm³/mol. The van der Waals surface area contributed by atoms with Crippen LogP contribution in [-0.4, -0.2) is 35.8 Å². The highest BCUT2D eigenvalue weighted by Gasteiger charge is 2.31. The van der Waals surface area contributed by atoms with Crippen LogP contribution < -0.4 is 0 Å². The second-order valence-electron chi connectivity index (χ2n) is 4.89. The van der Waals surface area contributed by atoms with Crippen LogP contribution >= 0.6 is 0 Å². The van der Waals surface area contributed by atoms with Gasteiger partial charge in [-0.2, -0.15) is 13.2 Å². The molecule has 6 heteroatoms. The van der Waals surface area contributed by atoms with Crippen molar-refractivity contribution in [3.63, 3.8) is 0 Å². The summed E-state index contributed by atoms with van der Waals surface area (Å²) in [4.78, 5) is 1.19. The number of alkyl halides is 3. The number of aliphatic hydroxyl groups excluding tert-OH is 1. The van der Waals surface area contributed by atoms with E-state index in [2.05, 4.69) is 0 Å². The number of benzene rings is 1. The highest BCUT2D eigenvalue weighted by Crippen LogP contribution is 2.26. The minimum Gasteiger partial charge on any atom is -0.388 e. The van der Waals surface area contributed by atoms with Crippen molar-refractivity contribution in [2.24, 2.45) is 5.92 Å². The minimum absolute atomic E-state index is 0.0471. The first-order chi connectivity index (χ1) is 9.24. The van der Waals surface area contributed by atoms with Crippen LogP contribution in [0.3, 0.4) is 0 Å². The van der Waals surface area contributed by atoms with Gasteiger partial charge in [-0.3, -0.25) is 4.90 Å². The Morgan fingerprint density at radius 2 is 1.85 bits per heavy atom. The Morgan fingerprint density at radius 3 is 2.35 bits per heavy atom. The molecule has 114 valence electrons. The first kappa shape index (κ1) is 16.9. The molecule has 0 fully saturated rings. The van der Waals surface area contributed by atoms with Gasteiger partial charge in [0.25, 0.3) is 0 Å². The van der Waals surface area contributed by atoms with E-state index in [1.165, 1.54) is 23.1 Å². The molecule has 2 nitrogen and oxygen atoms in total. The second kappa shape index (κ2) is 7.04. The van der Waals surface area contributed by atoms with Crippen LogP contribution in [0.4, 0.5) is 17.6 Å². The van der Waals surface area contributed by atoms with Crippen LogP contribution in [0.25, 0.3) is 0 Å². The lowest BCUT2D eigenvalue weighted by Crippen LogP contribution is -2.38. The van der Waals surface area contributed by atoms with Crippen molar-refractivity contribution >= 4 is 0 Å². The number of hydrogen-bond acceptors (Lipinski definition) is 2. The summed E-state index contributed by atoms with van der Waals surface area (Å²) in [6.07, 6.45) is -5.41. The quantitative estimate of drug-likeness (QED) is 0.813. The van der Waals surface area contributed by atoms with Gasteiger partial charge >= 0.3 is 6.18 Å². The molecule has 0 aliphatic carbocycles. The van der Waals surface area contributed by atoms with E-state index >= 15 is 0 Å². The third-order valence-corrected chi connectivity index (χ3v) is 3.16. The van der Waals surface area contributed by atoms with Gasteiger partial charge in [0.1, 0.15) is 5.82 Å². The van der Waals surface area contributed by atoms with Crippen molar-refractivity contribution in [2.75, 3.05) is 19.6 Å². The molecule has 1 aromatic rings. The predicted octanol–water partition coefficient (Wildman–Crippen LogP) is 3.38. The van der Waals surface area contributed by atoms with E-state index in [0.29, 0.717) is 0 Å². The van der Waals surface area contributed by atoms with E-state index in [1.54, 1.807) is 19.9 Å². The molecule has 0 bridgehead atoms. The molecule has 2 unspecified atom stereocenters. The van der Waals surface area contributed by atoms with Gasteiger partial charge in [0.2, 0.25) is 0 Å². The summed E-state index contributed by atoms with van der Waals surface area (Å²) in [5.74, 6) is -1.06. The number of nitrogens with zero attached hydrogens (tertiary/aromatic N) is 1. The van der Waals surface area contributed by atoms with Gasteiger partial charge in [-0.15, -0.1) is 0 Å². The lowest BCUT2D eigenvalue weighted by Gasteiger charge is -2.28. The normalized spacial score (nSPS) is 15.4. The first-order valence-corrected chi connectivity index (χ1v) is 6.46. The van der Waals surface area contributed by atoms with Crippen LogP contribution in [0.1, 0.15) is 25.5 Å². The Morgan fingerprint density at radius 1 is 1.25 bits per heavy atom. The molecule has 1 aromatic carbocycles. The molecule has 0 aliphatic rings. The molecule has 0 aliphatic heterocycles. The van der Waals surface area contributed by atoms with E-state index in [1.807, 2.05) is 0 Å². The molecule has 20 heavy (non-hydrogen) atoms. The van der Waals surface area contributed by atoms with Crippen molar-refractivity contribution in [1.82, 2.24) is 4.90 Å². The molecule has 0 saturated heterocycles. The van der Waals surface area contributed by atoms with Crippen LogP contribution in [0.2, 0.25) is 0 Å². The summed E-state index contributed by atoms with van der Waals surface area (Å²) in [6.45, 7) is 2.46. The molecule has 0 spiro atoms. The van der Waals surface area contributed by atoms with Gasteiger partial charge in [-0.05, 0) is 18.5 Å². The molecule has 1 N–H and O–H groups in total. The molecule has 0 radical (unpaired) electrons. The van der Waals surface area contributed by atoms with Gasteiger partial charge in [-0.25, -0.2) is 4.39 Å². The number of rotatable bonds is 6. The maximum Gasteiger partial charge on any atom is 0.401 e. The summed E-state index contributed by atoms with van der Waals surface area (Å²) < 4.78 is 50.6. The number of halogens is 4. The largest absolute Gasteiger partial charge is 0.401 e. The number of aliphatic hydroxyl groups is 1. The SMILES string of the molecule is CCN(CC(C)C(O)c1ccccc1F)CC(F)(F)F. The summed E-state index contributed by atoms with van der Waals surface area (Å²) in [5.41, 5.74) is 0.114. The zero-order valence-electron chi connectivity index (χ0n) is 11.5. The van der Waals surface area contributed by atoms with E-state index in [9.17, 15) is 22.7 Å². The van der Waals surface area contributed by atoms with Crippen LogP contribution in [0, 0.1) is 11.7 Å². The molecule has 2 atom stereocenters. The van der Waals surface area contributed by atoms with Crippen molar-refractivity contribution in [3.8, 4) is 0 Å². The second-order valence-corrected chi connectivity index (χ2v) is 4.89. The van der Waals surface area contributed by atoms with Gasteiger partial charge in [-0.1, -0.05) is 32.0 Å². The minimum atomic E-state index is -4.28. The Labute approximate surface area is 116 Å². The van der Waals surface area contributed by atoms with Crippen LogP contribution in [-0.2, 0) is 0 Å². The molecule has 0 saturated carbocycles. The van der Waals surface area contributed by atoms with E-state index in [-0.39, 0.29) is 18.7 Å². The van der Waals surface area contributed by atoms with Gasteiger partial charge in [0.15, 0.2) is 0 Å². The summed E-state index contributed by atoms with van der Waals surface area (Å²) in [6, 6.07) is 5.75. The standard InChI is InChI=1S/C14H19F4NO/c1-3-19(9-14(16,17)18)8-10(2)13(20)11-6-4-5-7-12(11)15/h4-7,10,13,20H,3,8-9H2,1-2H3. The third-order valence-electron chi connectivity index (χ3n) is 3.16. The van der Waals surface area contributed by atoms with E-state index < -0.39 is 30.6 Å². The highest BCUT2D eigenvalue weighted by molar-refractivity contribution is 5.20. The highest BCUT2D eigenvalue weighted by atomic mass is 19.4. The zero-order chi connectivity index (χ0) is 15.3. The maximum absolute atomic E-state index is 13.5. The summed E-state index contributed by atoms with van der Waals surface area (Å²) in [7, 11) is 0. The smallest absolute Gasteiger partial charge is 0.388 e. The topological polar surface area (TPSA) is 23.5 Å². The lowest BCUT2D eigenvalue weighted by atomic mass is 9.96. The lowest BCUT2D eigenvalue weighted by molar-refractivity contribution is -0.147. The Balaban J connectivity index is 2.69. The van der Waals surface area contributed by atoms with Gasteiger partial charge < -0.3 is 5.11 Å². The molecule has 0 aromatic heterocycles. The fourth-order valence-electron chi connectivity index (χ4n) is 2.09. The Bertz CT molecular complexity index is 422. The third kappa shape index (κ3) is 5.09. The Hall–Kier alpha value is -1.14. The van der Waals surface area contributed by atoms with E-state index in [0.717, 1.165) is 0 Å². The van der Waals surface area contributed by atoms with Crippen LogP contribution in [0.15, 0.2) is 24.3 Å². The first-order valence-electron chi connectivity index (χ1n) is 6.46. The van der Waals surface area contributed by atoms with Crippen molar-refractivity contribution in [1.29, 1.82) is 0 Å². The number of hydrogen-bond donors (Lipinski definition) is 1. The van der Waals surface area contributed by atoms with Gasteiger partial charge in [0.05, 0.1) is 12.6 Å². The summed E-state index contributed by atoms with van der Waals surface area (Å²) >= 11 is 0. The fraction of sp³-hybridized carbons (Fsp3) is 0.571. The molecule has 1 rings (SSSR count). The average Bonchev–Trinajstić information content (AvgIpc) is 2.36. The fourth-order valence-corrected chi connectivity index (χ4v) is 2.09.